The van der Waals surface area contributed by atoms with Gasteiger partial charge in [0.05, 0.1) is 6.61 Å². The van der Waals surface area contributed by atoms with Crippen LogP contribution in [0.4, 0.5) is 5.82 Å². The van der Waals surface area contributed by atoms with Gasteiger partial charge in [-0.2, -0.15) is 0 Å². The van der Waals surface area contributed by atoms with Gasteiger partial charge in [-0.1, -0.05) is 0 Å². The maximum atomic E-state index is 5.30. The molecule has 19 heavy (non-hydrogen) atoms. The number of ether oxygens (including phenoxy) is 1. The minimum atomic E-state index is 0.617. The van der Waals surface area contributed by atoms with Crippen LogP contribution in [0.3, 0.4) is 0 Å². The molecule has 4 nitrogen and oxygen atoms in total. The molecule has 1 aromatic heterocycles. The monoisotopic (exact) mass is 327 g/mol. The SMILES string of the molecule is CNCc1cc(Br)cnc1N1CCCC(COC)C1. The number of halogens is 1. The van der Waals surface area contributed by atoms with Crippen molar-refractivity contribution in [2.75, 3.05) is 38.8 Å². The summed E-state index contributed by atoms with van der Waals surface area (Å²) in [4.78, 5) is 7.01. The fourth-order valence-corrected chi connectivity index (χ4v) is 3.09. The Labute approximate surface area is 123 Å². The summed E-state index contributed by atoms with van der Waals surface area (Å²) in [5.41, 5.74) is 1.25. The number of hydrogen-bond donors (Lipinski definition) is 1. The van der Waals surface area contributed by atoms with Crippen molar-refractivity contribution in [1.82, 2.24) is 10.3 Å². The molecule has 1 saturated heterocycles. The average molecular weight is 328 g/mol. The molecular weight excluding hydrogens is 306 g/mol. The Morgan fingerprint density at radius 2 is 2.42 bits per heavy atom. The van der Waals surface area contributed by atoms with Gasteiger partial charge in [0.15, 0.2) is 0 Å². The van der Waals surface area contributed by atoms with Crippen LogP contribution in [0.1, 0.15) is 18.4 Å². The first-order valence-electron chi connectivity index (χ1n) is 6.77. The van der Waals surface area contributed by atoms with E-state index in [1.54, 1.807) is 7.11 Å². The van der Waals surface area contributed by atoms with E-state index in [2.05, 4.69) is 37.2 Å². The zero-order valence-corrected chi connectivity index (χ0v) is 13.2. The molecule has 0 radical (unpaired) electrons. The third kappa shape index (κ3) is 3.91. The van der Waals surface area contributed by atoms with E-state index >= 15 is 0 Å². The lowest BCUT2D eigenvalue weighted by molar-refractivity contribution is 0.143. The molecule has 0 bridgehead atoms. The Morgan fingerprint density at radius 3 is 3.16 bits per heavy atom. The normalized spacial score (nSPS) is 19.7. The van der Waals surface area contributed by atoms with Crippen molar-refractivity contribution in [3.8, 4) is 0 Å². The van der Waals surface area contributed by atoms with Crippen LogP contribution in [0.2, 0.25) is 0 Å². The van der Waals surface area contributed by atoms with Gasteiger partial charge < -0.3 is 15.0 Å². The minimum absolute atomic E-state index is 0.617. The number of aromatic nitrogens is 1. The summed E-state index contributed by atoms with van der Waals surface area (Å²) >= 11 is 3.50. The average Bonchev–Trinajstić information content (AvgIpc) is 2.40. The Balaban J connectivity index is 2.15. The number of piperidine rings is 1. The Hall–Kier alpha value is -0.650. The third-order valence-electron chi connectivity index (χ3n) is 3.50. The highest BCUT2D eigenvalue weighted by atomic mass is 79.9. The number of methoxy groups -OCH3 is 1. The van der Waals surface area contributed by atoms with Gasteiger partial charge in [0.1, 0.15) is 5.82 Å². The molecule has 2 rings (SSSR count). The number of nitrogens with zero attached hydrogens (tertiary/aromatic N) is 2. The molecule has 1 atom stereocenters. The van der Waals surface area contributed by atoms with Crippen molar-refractivity contribution in [3.63, 3.8) is 0 Å². The van der Waals surface area contributed by atoms with Crippen molar-refractivity contribution in [3.05, 3.63) is 22.3 Å². The number of nitrogens with one attached hydrogen (secondary N) is 1. The molecule has 106 valence electrons. The van der Waals surface area contributed by atoms with Gasteiger partial charge in [0, 0.05) is 43.0 Å². The largest absolute Gasteiger partial charge is 0.384 e. The van der Waals surface area contributed by atoms with Gasteiger partial charge in [-0.25, -0.2) is 4.98 Å². The summed E-state index contributed by atoms with van der Waals surface area (Å²) in [7, 11) is 3.75. The van der Waals surface area contributed by atoms with Crippen molar-refractivity contribution >= 4 is 21.7 Å². The highest BCUT2D eigenvalue weighted by Crippen LogP contribution is 2.26. The van der Waals surface area contributed by atoms with Crippen molar-refractivity contribution in [2.45, 2.75) is 19.4 Å². The molecule has 1 fully saturated rings. The molecule has 0 amide bonds. The van der Waals surface area contributed by atoms with Crippen LogP contribution in [0.15, 0.2) is 16.7 Å². The molecule has 1 aromatic rings. The zero-order valence-electron chi connectivity index (χ0n) is 11.7. The molecule has 1 aliphatic rings. The first-order chi connectivity index (χ1) is 9.24. The van der Waals surface area contributed by atoms with Crippen LogP contribution in [-0.2, 0) is 11.3 Å². The number of hydrogen-bond acceptors (Lipinski definition) is 4. The van der Waals surface area contributed by atoms with Gasteiger partial charge in [-0.15, -0.1) is 0 Å². The Kier molecular flexibility index (Phi) is 5.60. The first-order valence-corrected chi connectivity index (χ1v) is 7.56. The van der Waals surface area contributed by atoms with E-state index in [0.717, 1.165) is 36.5 Å². The maximum absolute atomic E-state index is 5.30. The van der Waals surface area contributed by atoms with E-state index < -0.39 is 0 Å². The van der Waals surface area contributed by atoms with Gasteiger partial charge in [0.2, 0.25) is 0 Å². The zero-order chi connectivity index (χ0) is 13.7. The summed E-state index contributed by atoms with van der Waals surface area (Å²) < 4.78 is 6.33. The highest BCUT2D eigenvalue weighted by Gasteiger charge is 2.22. The lowest BCUT2D eigenvalue weighted by Crippen LogP contribution is -2.38. The Bertz CT molecular complexity index is 412. The maximum Gasteiger partial charge on any atom is 0.133 e. The predicted octanol–water partition coefficient (Wildman–Crippen LogP) is 2.43. The molecule has 0 aliphatic carbocycles. The van der Waals surface area contributed by atoms with E-state index in [0.29, 0.717) is 5.92 Å². The summed E-state index contributed by atoms with van der Waals surface area (Å²) in [5.74, 6) is 1.73. The number of anilines is 1. The van der Waals surface area contributed by atoms with Gasteiger partial charge >= 0.3 is 0 Å². The molecule has 1 unspecified atom stereocenters. The quantitative estimate of drug-likeness (QED) is 0.901. The summed E-state index contributed by atoms with van der Waals surface area (Å²) in [6, 6.07) is 2.15. The van der Waals surface area contributed by atoms with Crippen LogP contribution in [0, 0.1) is 5.92 Å². The van der Waals surface area contributed by atoms with Crippen LogP contribution in [0.5, 0.6) is 0 Å². The number of pyridine rings is 1. The topological polar surface area (TPSA) is 37.4 Å². The molecule has 1 N–H and O–H groups in total. The van der Waals surface area contributed by atoms with Crippen LogP contribution < -0.4 is 10.2 Å². The molecule has 0 spiro atoms. The molecular formula is C14H22BrN3O. The molecule has 1 aliphatic heterocycles. The van der Waals surface area contributed by atoms with Crippen molar-refractivity contribution in [2.24, 2.45) is 5.92 Å². The predicted molar refractivity (Wildman–Crippen MR) is 81.5 cm³/mol. The van der Waals surface area contributed by atoms with E-state index in [-0.39, 0.29) is 0 Å². The standard InChI is InChI=1S/C14H22BrN3O/c1-16-7-12-6-13(15)8-17-14(12)18-5-3-4-11(9-18)10-19-2/h6,8,11,16H,3-5,7,9-10H2,1-2H3. The summed E-state index contributed by atoms with van der Waals surface area (Å²) in [6.45, 7) is 3.81. The van der Waals surface area contributed by atoms with Crippen molar-refractivity contribution in [1.29, 1.82) is 0 Å². The fourth-order valence-electron chi connectivity index (χ4n) is 2.71. The van der Waals surface area contributed by atoms with Crippen LogP contribution >= 0.6 is 15.9 Å². The highest BCUT2D eigenvalue weighted by molar-refractivity contribution is 9.10. The summed E-state index contributed by atoms with van der Waals surface area (Å²) in [5, 5.41) is 3.21. The second-order valence-corrected chi connectivity index (χ2v) is 5.99. The second-order valence-electron chi connectivity index (χ2n) is 5.08. The third-order valence-corrected chi connectivity index (χ3v) is 3.93. The smallest absolute Gasteiger partial charge is 0.133 e. The first kappa shape index (κ1) is 14.8. The fraction of sp³-hybridized carbons (Fsp3) is 0.643. The molecule has 5 heteroatoms. The van der Waals surface area contributed by atoms with Crippen molar-refractivity contribution < 1.29 is 4.74 Å². The van der Waals surface area contributed by atoms with Gasteiger partial charge in [0.25, 0.3) is 0 Å². The van der Waals surface area contributed by atoms with E-state index in [9.17, 15) is 0 Å². The van der Waals surface area contributed by atoms with E-state index in [1.807, 2.05) is 13.2 Å². The van der Waals surface area contributed by atoms with Gasteiger partial charge in [-0.3, -0.25) is 0 Å². The molecule has 2 heterocycles. The van der Waals surface area contributed by atoms with E-state index in [1.165, 1.54) is 18.4 Å². The van der Waals surface area contributed by atoms with Crippen LogP contribution in [0.25, 0.3) is 0 Å². The van der Waals surface area contributed by atoms with Crippen LogP contribution in [-0.4, -0.2) is 38.8 Å². The van der Waals surface area contributed by atoms with E-state index in [4.69, 9.17) is 4.74 Å². The number of rotatable bonds is 5. The second kappa shape index (κ2) is 7.22. The lowest BCUT2D eigenvalue weighted by Gasteiger charge is -2.34. The molecule has 0 saturated carbocycles. The Morgan fingerprint density at radius 1 is 1.58 bits per heavy atom. The minimum Gasteiger partial charge on any atom is -0.384 e. The van der Waals surface area contributed by atoms with Gasteiger partial charge in [-0.05, 0) is 47.8 Å². The summed E-state index contributed by atoms with van der Waals surface area (Å²) in [6.07, 6.45) is 4.35. The lowest BCUT2D eigenvalue weighted by atomic mass is 9.98. The molecule has 0 aromatic carbocycles.